The third-order valence-corrected chi connectivity index (χ3v) is 1.76. The Bertz CT molecular complexity index is 252. The number of likely N-dealkylation sites (N-methyl/N-ethyl adjacent to an activating group) is 1. The van der Waals surface area contributed by atoms with Crippen LogP contribution in [0, 0.1) is 0 Å². The van der Waals surface area contributed by atoms with Gasteiger partial charge in [0.25, 0.3) is 0 Å². The fourth-order valence-electron chi connectivity index (χ4n) is 1.06. The molecule has 0 saturated heterocycles. The first-order valence-electron chi connectivity index (χ1n) is 4.71. The summed E-state index contributed by atoms with van der Waals surface area (Å²) in [5.74, 6) is -2.02. The summed E-state index contributed by atoms with van der Waals surface area (Å²) < 4.78 is 0. The molecule has 0 saturated carbocycles. The second-order valence-corrected chi connectivity index (χ2v) is 3.06. The Morgan fingerprint density at radius 2 is 1.93 bits per heavy atom. The standard InChI is InChI=1S/C9H16N2O4/c1-3-4-11(6-7(12)10-2)8(13)5-9(14)15/h3-6H2,1-2H3,(H,10,12)(H,14,15). The van der Waals surface area contributed by atoms with Crippen molar-refractivity contribution >= 4 is 17.8 Å². The number of rotatable bonds is 6. The minimum atomic E-state index is -1.18. The number of nitrogens with zero attached hydrogens (tertiary/aromatic N) is 1. The number of carbonyl (C=O) groups is 3. The van der Waals surface area contributed by atoms with Gasteiger partial charge in [0.15, 0.2) is 0 Å². The molecule has 0 aliphatic rings. The molecule has 15 heavy (non-hydrogen) atoms. The van der Waals surface area contributed by atoms with E-state index in [4.69, 9.17) is 5.11 Å². The Morgan fingerprint density at radius 3 is 2.33 bits per heavy atom. The van der Waals surface area contributed by atoms with E-state index in [9.17, 15) is 14.4 Å². The average molecular weight is 216 g/mol. The van der Waals surface area contributed by atoms with E-state index in [0.29, 0.717) is 13.0 Å². The van der Waals surface area contributed by atoms with Crippen molar-refractivity contribution in [3.05, 3.63) is 0 Å². The maximum Gasteiger partial charge on any atom is 0.312 e. The van der Waals surface area contributed by atoms with Gasteiger partial charge >= 0.3 is 5.97 Å². The highest BCUT2D eigenvalue weighted by Gasteiger charge is 2.17. The van der Waals surface area contributed by atoms with Crippen LogP contribution in [0.1, 0.15) is 19.8 Å². The number of amides is 2. The zero-order valence-corrected chi connectivity index (χ0v) is 8.95. The lowest BCUT2D eigenvalue weighted by molar-refractivity contribution is -0.145. The minimum Gasteiger partial charge on any atom is -0.481 e. The second-order valence-electron chi connectivity index (χ2n) is 3.06. The van der Waals surface area contributed by atoms with E-state index in [1.54, 1.807) is 0 Å². The fourth-order valence-corrected chi connectivity index (χ4v) is 1.06. The van der Waals surface area contributed by atoms with Crippen molar-refractivity contribution in [3.63, 3.8) is 0 Å². The molecule has 2 N–H and O–H groups in total. The lowest BCUT2D eigenvalue weighted by Gasteiger charge is -2.20. The summed E-state index contributed by atoms with van der Waals surface area (Å²) in [5.41, 5.74) is 0. The van der Waals surface area contributed by atoms with Gasteiger partial charge in [0, 0.05) is 13.6 Å². The molecule has 0 bridgehead atoms. The monoisotopic (exact) mass is 216 g/mol. The zero-order chi connectivity index (χ0) is 11.8. The van der Waals surface area contributed by atoms with Gasteiger partial charge in [-0.2, -0.15) is 0 Å². The van der Waals surface area contributed by atoms with E-state index in [1.807, 2.05) is 6.92 Å². The van der Waals surface area contributed by atoms with E-state index in [2.05, 4.69) is 5.32 Å². The minimum absolute atomic E-state index is 0.0869. The Hall–Kier alpha value is -1.59. The summed E-state index contributed by atoms with van der Waals surface area (Å²) in [4.78, 5) is 34.0. The number of nitrogens with one attached hydrogen (secondary N) is 1. The molecule has 0 aromatic heterocycles. The number of carboxylic acid groups (broad SMARTS) is 1. The van der Waals surface area contributed by atoms with Gasteiger partial charge in [-0.1, -0.05) is 6.92 Å². The molecule has 0 spiro atoms. The van der Waals surface area contributed by atoms with Crippen LogP contribution in [-0.2, 0) is 14.4 Å². The van der Waals surface area contributed by atoms with Crippen molar-refractivity contribution in [2.24, 2.45) is 0 Å². The molecular formula is C9H16N2O4. The number of hydrogen-bond acceptors (Lipinski definition) is 3. The molecule has 0 radical (unpaired) electrons. The number of hydrogen-bond donors (Lipinski definition) is 2. The summed E-state index contributed by atoms with van der Waals surface area (Å²) in [6.45, 7) is 2.15. The molecule has 0 aliphatic carbocycles. The third kappa shape index (κ3) is 5.66. The van der Waals surface area contributed by atoms with Gasteiger partial charge in [-0.3, -0.25) is 14.4 Å². The maximum absolute atomic E-state index is 11.4. The van der Waals surface area contributed by atoms with E-state index >= 15 is 0 Å². The van der Waals surface area contributed by atoms with Gasteiger partial charge < -0.3 is 15.3 Å². The molecule has 0 atom stereocenters. The Kier molecular flexibility index (Phi) is 6.08. The van der Waals surface area contributed by atoms with Gasteiger partial charge in [-0.05, 0) is 6.42 Å². The Labute approximate surface area is 88.2 Å². The first-order valence-corrected chi connectivity index (χ1v) is 4.71. The van der Waals surface area contributed by atoms with Crippen LogP contribution >= 0.6 is 0 Å². The summed E-state index contributed by atoms with van der Waals surface area (Å²) >= 11 is 0. The summed E-state index contributed by atoms with van der Waals surface area (Å²) in [5, 5.41) is 10.8. The molecule has 0 aromatic rings. The topological polar surface area (TPSA) is 86.7 Å². The molecule has 2 amide bonds. The molecule has 6 heteroatoms. The lowest BCUT2D eigenvalue weighted by Crippen LogP contribution is -2.40. The highest BCUT2D eigenvalue weighted by Crippen LogP contribution is 1.96. The van der Waals surface area contributed by atoms with Crippen molar-refractivity contribution in [2.45, 2.75) is 19.8 Å². The quantitative estimate of drug-likeness (QED) is 0.583. The van der Waals surface area contributed by atoms with E-state index in [-0.39, 0.29) is 12.5 Å². The van der Waals surface area contributed by atoms with E-state index in [0.717, 1.165) is 0 Å². The van der Waals surface area contributed by atoms with Crippen LogP contribution in [-0.4, -0.2) is 47.9 Å². The smallest absolute Gasteiger partial charge is 0.312 e. The average Bonchev–Trinajstić information content (AvgIpc) is 2.15. The van der Waals surface area contributed by atoms with Crippen LogP contribution in [0.4, 0.5) is 0 Å². The molecule has 0 fully saturated rings. The van der Waals surface area contributed by atoms with Gasteiger partial charge in [0.05, 0.1) is 6.54 Å². The van der Waals surface area contributed by atoms with Crippen molar-refractivity contribution in [3.8, 4) is 0 Å². The van der Waals surface area contributed by atoms with Gasteiger partial charge in [0.1, 0.15) is 6.42 Å². The van der Waals surface area contributed by atoms with Gasteiger partial charge in [-0.15, -0.1) is 0 Å². The summed E-state index contributed by atoms with van der Waals surface area (Å²) in [6, 6.07) is 0. The zero-order valence-electron chi connectivity index (χ0n) is 8.95. The molecular weight excluding hydrogens is 200 g/mol. The number of carboxylic acids is 1. The Balaban J connectivity index is 4.30. The van der Waals surface area contributed by atoms with E-state index in [1.165, 1.54) is 11.9 Å². The van der Waals surface area contributed by atoms with Crippen molar-refractivity contribution in [1.29, 1.82) is 0 Å². The number of carbonyl (C=O) groups excluding carboxylic acids is 2. The molecule has 6 nitrogen and oxygen atoms in total. The predicted octanol–water partition coefficient (Wildman–Crippen LogP) is -0.554. The van der Waals surface area contributed by atoms with Crippen LogP contribution in [0.2, 0.25) is 0 Å². The Morgan fingerprint density at radius 1 is 1.33 bits per heavy atom. The van der Waals surface area contributed by atoms with E-state index < -0.39 is 18.3 Å². The van der Waals surface area contributed by atoms with Gasteiger partial charge in [0.2, 0.25) is 11.8 Å². The SMILES string of the molecule is CCCN(CC(=O)NC)C(=O)CC(=O)O. The van der Waals surface area contributed by atoms with Crippen LogP contribution in [0.25, 0.3) is 0 Å². The predicted molar refractivity (Wildman–Crippen MR) is 53.2 cm³/mol. The second kappa shape index (κ2) is 6.80. The summed E-state index contributed by atoms with van der Waals surface area (Å²) in [7, 11) is 1.47. The van der Waals surface area contributed by atoms with Crippen molar-refractivity contribution < 1.29 is 19.5 Å². The van der Waals surface area contributed by atoms with Crippen LogP contribution < -0.4 is 5.32 Å². The summed E-state index contributed by atoms with van der Waals surface area (Å²) in [6.07, 6.45) is 0.110. The van der Waals surface area contributed by atoms with Crippen LogP contribution in [0.3, 0.4) is 0 Å². The third-order valence-electron chi connectivity index (χ3n) is 1.76. The first kappa shape index (κ1) is 13.4. The molecule has 0 heterocycles. The maximum atomic E-state index is 11.4. The molecule has 0 aliphatic heterocycles. The normalized spacial score (nSPS) is 9.47. The molecule has 86 valence electrons. The highest BCUT2D eigenvalue weighted by molar-refractivity contribution is 5.95. The first-order chi connectivity index (χ1) is 7.01. The largest absolute Gasteiger partial charge is 0.481 e. The fraction of sp³-hybridized carbons (Fsp3) is 0.667. The van der Waals surface area contributed by atoms with Crippen LogP contribution in [0.5, 0.6) is 0 Å². The van der Waals surface area contributed by atoms with Crippen molar-refractivity contribution in [2.75, 3.05) is 20.1 Å². The molecule has 0 rings (SSSR count). The van der Waals surface area contributed by atoms with Gasteiger partial charge in [-0.25, -0.2) is 0 Å². The van der Waals surface area contributed by atoms with Crippen molar-refractivity contribution in [1.82, 2.24) is 10.2 Å². The van der Waals surface area contributed by atoms with Crippen LogP contribution in [0.15, 0.2) is 0 Å². The number of aliphatic carboxylic acids is 1. The molecule has 0 aromatic carbocycles. The molecule has 0 unspecified atom stereocenters. The highest BCUT2D eigenvalue weighted by atomic mass is 16.4. The lowest BCUT2D eigenvalue weighted by atomic mass is 10.3.